The molecule has 1 saturated heterocycles. The van der Waals surface area contributed by atoms with Gasteiger partial charge < -0.3 is 20.9 Å². The van der Waals surface area contributed by atoms with Gasteiger partial charge in [0.25, 0.3) is 5.91 Å². The Kier molecular flexibility index (Phi) is 5.03. The Bertz CT molecular complexity index is 694. The van der Waals surface area contributed by atoms with Crippen LogP contribution < -0.4 is 16.0 Å². The number of hydrogen-bond acceptors (Lipinski definition) is 5. The average molecular weight is 343 g/mol. The molecule has 25 heavy (non-hydrogen) atoms. The van der Waals surface area contributed by atoms with Gasteiger partial charge in [-0.25, -0.2) is 4.99 Å². The Hall–Kier alpha value is -2.41. The molecule has 1 aromatic carbocycles. The first-order valence-electron chi connectivity index (χ1n) is 8.74. The molecule has 2 aliphatic heterocycles. The van der Waals surface area contributed by atoms with E-state index in [1.165, 1.54) is 6.42 Å². The molecule has 2 atom stereocenters. The molecule has 0 aromatic heterocycles. The van der Waals surface area contributed by atoms with Crippen molar-refractivity contribution in [2.75, 3.05) is 25.0 Å². The molecule has 2 aliphatic rings. The van der Waals surface area contributed by atoms with Crippen molar-refractivity contribution in [3.63, 3.8) is 0 Å². The summed E-state index contributed by atoms with van der Waals surface area (Å²) < 4.78 is 0. The van der Waals surface area contributed by atoms with Crippen LogP contribution in [0.25, 0.3) is 0 Å². The predicted octanol–water partition coefficient (Wildman–Crippen LogP) is 0.685. The van der Waals surface area contributed by atoms with Gasteiger partial charge in [-0.15, -0.1) is 0 Å². The van der Waals surface area contributed by atoms with Gasteiger partial charge in [0, 0.05) is 25.7 Å². The fourth-order valence-electron chi connectivity index (χ4n) is 3.22. The lowest BCUT2D eigenvalue weighted by atomic mass is 10.1. The number of benzene rings is 1. The van der Waals surface area contributed by atoms with Crippen molar-refractivity contribution in [2.24, 2.45) is 10.7 Å². The lowest BCUT2D eigenvalue weighted by molar-refractivity contribution is -0.127. The topological polar surface area (TPSA) is 91.0 Å². The molecule has 0 radical (unpaired) electrons. The highest BCUT2D eigenvalue weighted by Crippen LogP contribution is 2.27. The maximum absolute atomic E-state index is 12.8. The first kappa shape index (κ1) is 17.4. The zero-order valence-electron chi connectivity index (χ0n) is 14.7. The van der Waals surface area contributed by atoms with Crippen molar-refractivity contribution in [1.82, 2.24) is 10.2 Å². The molecule has 1 aromatic rings. The van der Waals surface area contributed by atoms with E-state index in [-0.39, 0.29) is 11.8 Å². The third-order valence-corrected chi connectivity index (χ3v) is 4.67. The normalized spacial score (nSPS) is 22.0. The fraction of sp³-hybridized carbons (Fsp3) is 0.500. The Morgan fingerprint density at radius 3 is 2.64 bits per heavy atom. The number of piperidine rings is 1. The van der Waals surface area contributed by atoms with Gasteiger partial charge in [-0.05, 0) is 38.3 Å². The number of hydrogen-bond donors (Lipinski definition) is 2. The van der Waals surface area contributed by atoms with Crippen LogP contribution in [0.3, 0.4) is 0 Å². The molecule has 0 spiro atoms. The highest BCUT2D eigenvalue weighted by atomic mass is 16.2. The minimum absolute atomic E-state index is 0.270. The molecule has 0 bridgehead atoms. The number of rotatable bonds is 2. The van der Waals surface area contributed by atoms with E-state index >= 15 is 0 Å². The first-order chi connectivity index (χ1) is 12.0. The van der Waals surface area contributed by atoms with Crippen LogP contribution in [0.4, 0.5) is 5.69 Å². The maximum atomic E-state index is 12.8. The number of nitrogens with two attached hydrogens (primary N) is 1. The van der Waals surface area contributed by atoms with E-state index < -0.39 is 12.2 Å². The summed E-state index contributed by atoms with van der Waals surface area (Å²) in [5.74, 6) is 0.107. The molecule has 7 nitrogen and oxygen atoms in total. The third-order valence-electron chi connectivity index (χ3n) is 4.67. The average Bonchev–Trinajstić information content (AvgIpc) is 2.73. The van der Waals surface area contributed by atoms with Crippen LogP contribution >= 0.6 is 0 Å². The van der Waals surface area contributed by atoms with E-state index in [2.05, 4.69) is 15.2 Å². The molecule has 1 unspecified atom stereocenters. The predicted molar refractivity (Wildman–Crippen MR) is 97.4 cm³/mol. The quantitative estimate of drug-likeness (QED) is 0.826. The lowest BCUT2D eigenvalue weighted by Crippen LogP contribution is -2.50. The number of anilines is 1. The number of likely N-dealkylation sites (tertiary alicyclic amines) is 1. The van der Waals surface area contributed by atoms with E-state index in [1.807, 2.05) is 24.3 Å². The van der Waals surface area contributed by atoms with Crippen LogP contribution in [0.15, 0.2) is 29.3 Å². The molecule has 1 fully saturated rings. The number of para-hydroxylation sites is 1. The second-order valence-corrected chi connectivity index (χ2v) is 6.61. The summed E-state index contributed by atoms with van der Waals surface area (Å²) in [5, 5.41) is 2.67. The fourth-order valence-corrected chi connectivity index (χ4v) is 3.22. The number of carbonyl (C=O) groups is 2. The van der Waals surface area contributed by atoms with Gasteiger partial charge in [-0.2, -0.15) is 0 Å². The summed E-state index contributed by atoms with van der Waals surface area (Å²) in [6.07, 6.45) is 2.44. The molecule has 0 saturated carbocycles. The number of aliphatic imine (C=N–C) groups is 1. The van der Waals surface area contributed by atoms with Gasteiger partial charge in [-0.3, -0.25) is 9.59 Å². The summed E-state index contributed by atoms with van der Waals surface area (Å²) in [5.41, 5.74) is 7.35. The zero-order valence-corrected chi connectivity index (χ0v) is 14.7. The Morgan fingerprint density at radius 1 is 1.28 bits per heavy atom. The van der Waals surface area contributed by atoms with Crippen LogP contribution in [-0.2, 0) is 9.59 Å². The Labute approximate surface area is 147 Å². The molecule has 3 rings (SSSR count). The van der Waals surface area contributed by atoms with Crippen LogP contribution in [-0.4, -0.2) is 54.9 Å². The first-order valence-corrected chi connectivity index (χ1v) is 8.74. The van der Waals surface area contributed by atoms with Crippen molar-refractivity contribution in [3.8, 4) is 0 Å². The summed E-state index contributed by atoms with van der Waals surface area (Å²) >= 11 is 0. The minimum Gasteiger partial charge on any atom is -0.356 e. The molecular formula is C18H25N5O2. The highest BCUT2D eigenvalue weighted by molar-refractivity contribution is 6.12. The van der Waals surface area contributed by atoms with Crippen molar-refractivity contribution >= 4 is 23.3 Å². The van der Waals surface area contributed by atoms with Crippen LogP contribution in [0.5, 0.6) is 0 Å². The van der Waals surface area contributed by atoms with Crippen LogP contribution in [0, 0.1) is 0 Å². The molecule has 2 amide bonds. The van der Waals surface area contributed by atoms with E-state index in [4.69, 9.17) is 5.73 Å². The molecule has 2 heterocycles. The van der Waals surface area contributed by atoms with E-state index in [1.54, 1.807) is 18.9 Å². The SMILES string of the molecule is C[C@H](N)C(=O)NC1N=C(N2CCCCC2)c2ccccc2N(C)C1=O. The van der Waals surface area contributed by atoms with Gasteiger partial charge in [0.2, 0.25) is 12.1 Å². The number of nitrogens with zero attached hydrogens (tertiary/aromatic N) is 3. The standard InChI is InChI=1S/C18H25N5O2/c1-12(19)17(24)21-15-18(25)22(2)14-9-5-4-8-13(14)16(20-15)23-10-6-3-7-11-23/h4-5,8-9,12,15H,3,6-7,10-11,19H2,1-2H3,(H,21,24)/t12-,15?/m0/s1. The molecule has 7 heteroatoms. The largest absolute Gasteiger partial charge is 0.356 e. The van der Waals surface area contributed by atoms with Gasteiger partial charge >= 0.3 is 0 Å². The monoisotopic (exact) mass is 343 g/mol. The smallest absolute Gasteiger partial charge is 0.272 e. The second kappa shape index (κ2) is 7.23. The summed E-state index contributed by atoms with van der Waals surface area (Å²) in [6, 6.07) is 7.02. The number of amidine groups is 1. The van der Waals surface area contributed by atoms with Gasteiger partial charge in [0.15, 0.2) is 0 Å². The lowest BCUT2D eigenvalue weighted by Gasteiger charge is -2.30. The van der Waals surface area contributed by atoms with E-state index in [0.29, 0.717) is 0 Å². The highest BCUT2D eigenvalue weighted by Gasteiger charge is 2.32. The van der Waals surface area contributed by atoms with Gasteiger partial charge in [0.05, 0.1) is 11.7 Å². The summed E-state index contributed by atoms with van der Waals surface area (Å²) in [7, 11) is 1.71. The third kappa shape index (κ3) is 3.51. The van der Waals surface area contributed by atoms with Crippen molar-refractivity contribution < 1.29 is 9.59 Å². The van der Waals surface area contributed by atoms with Gasteiger partial charge in [-0.1, -0.05) is 12.1 Å². The van der Waals surface area contributed by atoms with Crippen molar-refractivity contribution in [3.05, 3.63) is 29.8 Å². The summed E-state index contributed by atoms with van der Waals surface area (Å²) in [4.78, 5) is 33.3. The van der Waals surface area contributed by atoms with Gasteiger partial charge in [0.1, 0.15) is 5.84 Å². The number of likely N-dealkylation sites (N-methyl/N-ethyl adjacent to an activating group) is 1. The van der Waals surface area contributed by atoms with Crippen molar-refractivity contribution in [2.45, 2.75) is 38.4 Å². The summed E-state index contributed by atoms with van der Waals surface area (Å²) in [6.45, 7) is 3.39. The van der Waals surface area contributed by atoms with E-state index in [0.717, 1.165) is 43.0 Å². The number of carbonyl (C=O) groups excluding carboxylic acids is 2. The van der Waals surface area contributed by atoms with Crippen LogP contribution in [0.1, 0.15) is 31.7 Å². The number of nitrogens with one attached hydrogen (secondary N) is 1. The molecular weight excluding hydrogens is 318 g/mol. The Morgan fingerprint density at radius 2 is 1.96 bits per heavy atom. The number of fused-ring (bicyclic) bond motifs is 1. The molecule has 134 valence electrons. The van der Waals surface area contributed by atoms with E-state index in [9.17, 15) is 9.59 Å². The van der Waals surface area contributed by atoms with Crippen LogP contribution in [0.2, 0.25) is 0 Å². The van der Waals surface area contributed by atoms with Crippen molar-refractivity contribution in [1.29, 1.82) is 0 Å². The maximum Gasteiger partial charge on any atom is 0.272 e. The molecule has 3 N–H and O–H groups in total. The number of amides is 2. The minimum atomic E-state index is -0.965. The zero-order chi connectivity index (χ0) is 18.0. The molecule has 0 aliphatic carbocycles. The second-order valence-electron chi connectivity index (χ2n) is 6.61. The Balaban J connectivity index is 2.03. The number of benzodiazepines with no additional fused rings is 1.